The number of alkyl halides is 3. The van der Waals surface area contributed by atoms with Gasteiger partial charge >= 0.3 is 6.18 Å². The van der Waals surface area contributed by atoms with Crippen LogP contribution in [0.15, 0.2) is 59.8 Å². The monoisotopic (exact) mass is 435 g/mol. The van der Waals surface area contributed by atoms with Crippen LogP contribution in [0.1, 0.15) is 30.5 Å². The molecule has 10 heteroatoms. The molecule has 0 aliphatic rings. The first-order valence-electron chi connectivity index (χ1n) is 9.15. The Kier molecular flexibility index (Phi) is 6.66. The van der Waals surface area contributed by atoms with Crippen LogP contribution in [0.2, 0.25) is 0 Å². The quantitative estimate of drug-likeness (QED) is 0.523. The van der Waals surface area contributed by atoms with Gasteiger partial charge < -0.3 is 11.1 Å². The molecule has 30 heavy (non-hydrogen) atoms. The second kappa shape index (κ2) is 9.21. The number of hydrogen-bond acceptors (Lipinski definition) is 5. The molecule has 0 radical (unpaired) electrons. The maximum absolute atomic E-state index is 13.2. The van der Waals surface area contributed by atoms with Crippen molar-refractivity contribution in [3.05, 3.63) is 65.7 Å². The first-order valence-corrected chi connectivity index (χ1v) is 10.1. The number of rotatable bonds is 7. The van der Waals surface area contributed by atoms with Crippen molar-refractivity contribution < 1.29 is 18.0 Å². The predicted octanol–water partition coefficient (Wildman–Crippen LogP) is 4.76. The van der Waals surface area contributed by atoms with Gasteiger partial charge in [0.15, 0.2) is 5.16 Å². The van der Waals surface area contributed by atoms with Gasteiger partial charge in [0.2, 0.25) is 11.9 Å². The van der Waals surface area contributed by atoms with Crippen LogP contribution in [0, 0.1) is 0 Å². The van der Waals surface area contributed by atoms with E-state index in [0.717, 1.165) is 11.6 Å². The molecule has 0 aliphatic heterocycles. The van der Waals surface area contributed by atoms with Gasteiger partial charge in [0.05, 0.1) is 11.3 Å². The van der Waals surface area contributed by atoms with Gasteiger partial charge in [-0.15, -0.1) is 10.2 Å². The lowest BCUT2D eigenvalue weighted by Crippen LogP contribution is -2.28. The molecule has 3 N–H and O–H groups in total. The van der Waals surface area contributed by atoms with Crippen molar-refractivity contribution in [2.75, 3.05) is 11.1 Å². The zero-order chi connectivity index (χ0) is 21.7. The number of carbonyl (C=O) groups is 1. The number of hydrogen-bond donors (Lipinski definition) is 2. The smallest absolute Gasteiger partial charge is 0.368 e. The molecule has 0 saturated carbocycles. The van der Waals surface area contributed by atoms with Crippen LogP contribution in [0.25, 0.3) is 0 Å². The molecule has 3 aromatic rings. The molecule has 1 atom stereocenters. The number of amides is 1. The third-order valence-electron chi connectivity index (χ3n) is 4.39. The first-order chi connectivity index (χ1) is 14.3. The average Bonchev–Trinajstić information content (AvgIpc) is 3.08. The van der Waals surface area contributed by atoms with E-state index >= 15 is 0 Å². The van der Waals surface area contributed by atoms with E-state index in [1.165, 1.54) is 34.5 Å². The fourth-order valence-electron chi connectivity index (χ4n) is 2.94. The highest BCUT2D eigenvalue weighted by molar-refractivity contribution is 7.98. The Morgan fingerprint density at radius 1 is 1.13 bits per heavy atom. The van der Waals surface area contributed by atoms with E-state index in [9.17, 15) is 18.0 Å². The van der Waals surface area contributed by atoms with Crippen molar-refractivity contribution in [1.82, 2.24) is 14.8 Å². The fourth-order valence-corrected chi connectivity index (χ4v) is 3.89. The molecular weight excluding hydrogens is 415 g/mol. The summed E-state index contributed by atoms with van der Waals surface area (Å²) in [5, 5.41) is 10.7. The lowest BCUT2D eigenvalue weighted by Gasteiger charge is -2.20. The summed E-state index contributed by atoms with van der Waals surface area (Å²) in [6.07, 6.45) is -4.29. The Morgan fingerprint density at radius 2 is 1.80 bits per heavy atom. The van der Waals surface area contributed by atoms with Gasteiger partial charge in [-0.3, -0.25) is 9.36 Å². The van der Waals surface area contributed by atoms with Crippen molar-refractivity contribution in [2.24, 2.45) is 0 Å². The number of para-hydroxylation sites is 1. The van der Waals surface area contributed by atoms with Gasteiger partial charge in [-0.1, -0.05) is 61.2 Å². The molecule has 1 amide bonds. The van der Waals surface area contributed by atoms with Crippen LogP contribution in [-0.2, 0) is 16.7 Å². The van der Waals surface area contributed by atoms with Crippen molar-refractivity contribution in [1.29, 1.82) is 0 Å². The number of carbonyl (C=O) groups excluding carboxylic acids is 1. The standard InChI is InChI=1S/C20H20F3N5OS/c1-2-16(17(29)25-15-11-7-6-10-14(15)20(21,22)23)28-18(24)26-27-19(28)30-12-13-8-4-3-5-9-13/h3-11,16H,2,12H2,1H3,(H2,24,26)(H,25,29). The Bertz CT molecular complexity index is 1010. The van der Waals surface area contributed by atoms with Crippen molar-refractivity contribution >= 4 is 29.3 Å². The zero-order valence-corrected chi connectivity index (χ0v) is 16.9. The second-order valence-electron chi connectivity index (χ2n) is 6.44. The summed E-state index contributed by atoms with van der Waals surface area (Å²) in [5.41, 5.74) is 5.76. The molecule has 0 fully saturated rings. The number of nitrogens with zero attached hydrogens (tertiary/aromatic N) is 3. The van der Waals surface area contributed by atoms with E-state index in [1.807, 2.05) is 30.3 Å². The van der Waals surface area contributed by atoms with E-state index in [2.05, 4.69) is 15.5 Å². The summed E-state index contributed by atoms with van der Waals surface area (Å²) in [5.74, 6) is -0.0209. The highest BCUT2D eigenvalue weighted by Gasteiger charge is 2.34. The van der Waals surface area contributed by atoms with Crippen molar-refractivity contribution in [3.8, 4) is 0 Å². The summed E-state index contributed by atoms with van der Waals surface area (Å²) in [7, 11) is 0. The maximum Gasteiger partial charge on any atom is 0.418 e. The summed E-state index contributed by atoms with van der Waals surface area (Å²) < 4.78 is 41.2. The molecule has 1 aromatic heterocycles. The molecule has 6 nitrogen and oxygen atoms in total. The number of nitrogen functional groups attached to an aromatic ring is 1. The Morgan fingerprint density at radius 3 is 2.47 bits per heavy atom. The van der Waals surface area contributed by atoms with Gasteiger partial charge in [0, 0.05) is 5.75 Å². The van der Waals surface area contributed by atoms with E-state index < -0.39 is 23.7 Å². The van der Waals surface area contributed by atoms with Crippen LogP contribution in [-0.4, -0.2) is 20.7 Å². The summed E-state index contributed by atoms with van der Waals surface area (Å²) in [4.78, 5) is 12.9. The fraction of sp³-hybridized carbons (Fsp3) is 0.250. The molecular formula is C20H20F3N5OS. The summed E-state index contributed by atoms with van der Waals surface area (Å²) in [6.45, 7) is 1.74. The lowest BCUT2D eigenvalue weighted by molar-refractivity contribution is -0.137. The topological polar surface area (TPSA) is 85.8 Å². The second-order valence-corrected chi connectivity index (χ2v) is 7.38. The molecule has 0 aliphatic carbocycles. The molecule has 0 bridgehead atoms. The van der Waals surface area contributed by atoms with Gasteiger partial charge in [-0.05, 0) is 24.1 Å². The maximum atomic E-state index is 13.2. The number of halogens is 3. The third kappa shape index (κ3) is 4.93. The first kappa shape index (κ1) is 21.7. The number of benzene rings is 2. The average molecular weight is 435 g/mol. The van der Waals surface area contributed by atoms with Gasteiger partial charge in [-0.25, -0.2) is 0 Å². The van der Waals surface area contributed by atoms with Crippen LogP contribution < -0.4 is 11.1 Å². The molecule has 0 spiro atoms. The number of anilines is 2. The van der Waals surface area contributed by atoms with Crippen LogP contribution in [0.5, 0.6) is 0 Å². The van der Waals surface area contributed by atoms with E-state index in [0.29, 0.717) is 17.3 Å². The van der Waals surface area contributed by atoms with Crippen molar-refractivity contribution in [3.63, 3.8) is 0 Å². The molecule has 3 rings (SSSR count). The third-order valence-corrected chi connectivity index (χ3v) is 5.41. The number of thioether (sulfide) groups is 1. The molecule has 0 saturated heterocycles. The Hall–Kier alpha value is -3.01. The number of aromatic nitrogens is 3. The normalized spacial score (nSPS) is 12.5. The zero-order valence-electron chi connectivity index (χ0n) is 16.1. The van der Waals surface area contributed by atoms with Crippen LogP contribution in [0.3, 0.4) is 0 Å². The molecule has 2 aromatic carbocycles. The molecule has 158 valence electrons. The largest absolute Gasteiger partial charge is 0.418 e. The minimum Gasteiger partial charge on any atom is -0.368 e. The van der Waals surface area contributed by atoms with E-state index in [-0.39, 0.29) is 11.6 Å². The molecule has 1 heterocycles. The Balaban J connectivity index is 1.83. The molecule has 1 unspecified atom stereocenters. The lowest BCUT2D eigenvalue weighted by atomic mass is 10.1. The van der Waals surface area contributed by atoms with Crippen LogP contribution in [0.4, 0.5) is 24.8 Å². The minimum atomic E-state index is -4.59. The van der Waals surface area contributed by atoms with E-state index in [4.69, 9.17) is 5.73 Å². The highest BCUT2D eigenvalue weighted by Crippen LogP contribution is 2.35. The highest BCUT2D eigenvalue weighted by atomic mass is 32.2. The van der Waals surface area contributed by atoms with Crippen molar-refractivity contribution in [2.45, 2.75) is 36.5 Å². The van der Waals surface area contributed by atoms with Crippen LogP contribution >= 0.6 is 11.8 Å². The summed E-state index contributed by atoms with van der Waals surface area (Å²) in [6, 6.07) is 13.6. The summed E-state index contributed by atoms with van der Waals surface area (Å²) >= 11 is 1.35. The van der Waals surface area contributed by atoms with Gasteiger partial charge in [0.25, 0.3) is 0 Å². The predicted molar refractivity (Wildman–Crippen MR) is 110 cm³/mol. The minimum absolute atomic E-state index is 0.0247. The van der Waals surface area contributed by atoms with Gasteiger partial charge in [0.1, 0.15) is 6.04 Å². The Labute approximate surface area is 175 Å². The van der Waals surface area contributed by atoms with Gasteiger partial charge in [-0.2, -0.15) is 13.2 Å². The number of nitrogens with one attached hydrogen (secondary N) is 1. The van der Waals surface area contributed by atoms with E-state index in [1.54, 1.807) is 6.92 Å². The SMILES string of the molecule is CCC(C(=O)Nc1ccccc1C(F)(F)F)n1c(N)nnc1SCc1ccccc1. The number of nitrogens with two attached hydrogens (primary N) is 1.